The van der Waals surface area contributed by atoms with Gasteiger partial charge in [-0.25, -0.2) is 4.79 Å². The maximum absolute atomic E-state index is 11.7. The standard InChI is InChI=1S/C12H20N6O3/c1-8-2-4-12(5-3-8,10(19)20)7-14-11(21)13-6-9-15-17-18-16-9/h8H,2-7H2,1H3,(H,19,20)(H2,13,14,21)(H,15,16,17,18). The van der Waals surface area contributed by atoms with Crippen molar-refractivity contribution in [1.29, 1.82) is 0 Å². The van der Waals surface area contributed by atoms with E-state index in [1.54, 1.807) is 0 Å². The van der Waals surface area contributed by atoms with Crippen LogP contribution in [0.25, 0.3) is 0 Å². The maximum atomic E-state index is 11.7. The Morgan fingerprint density at radius 1 is 1.38 bits per heavy atom. The molecule has 0 saturated heterocycles. The number of amides is 2. The van der Waals surface area contributed by atoms with Gasteiger partial charge in [0.15, 0.2) is 5.82 Å². The summed E-state index contributed by atoms with van der Waals surface area (Å²) in [5.41, 5.74) is -0.851. The number of carbonyl (C=O) groups is 2. The number of nitrogens with zero attached hydrogens (tertiary/aromatic N) is 3. The van der Waals surface area contributed by atoms with Crippen LogP contribution in [0.1, 0.15) is 38.4 Å². The number of tetrazole rings is 1. The average Bonchev–Trinajstić information content (AvgIpc) is 2.98. The highest BCUT2D eigenvalue weighted by Crippen LogP contribution is 2.38. The molecular weight excluding hydrogens is 276 g/mol. The van der Waals surface area contributed by atoms with Gasteiger partial charge in [-0.15, -0.1) is 10.2 Å². The van der Waals surface area contributed by atoms with E-state index in [9.17, 15) is 14.7 Å². The van der Waals surface area contributed by atoms with E-state index in [1.165, 1.54) is 0 Å². The Bertz CT molecular complexity index is 481. The predicted molar refractivity (Wildman–Crippen MR) is 72.1 cm³/mol. The molecule has 0 atom stereocenters. The lowest BCUT2D eigenvalue weighted by Crippen LogP contribution is -2.47. The molecule has 1 fully saturated rings. The van der Waals surface area contributed by atoms with Crippen molar-refractivity contribution in [3.8, 4) is 0 Å². The molecule has 0 bridgehead atoms. The van der Waals surface area contributed by atoms with E-state index in [0.717, 1.165) is 12.8 Å². The van der Waals surface area contributed by atoms with Crippen LogP contribution in [-0.4, -0.2) is 44.3 Å². The molecule has 1 aliphatic rings. The van der Waals surface area contributed by atoms with Crippen LogP contribution in [0.15, 0.2) is 0 Å². The lowest BCUT2D eigenvalue weighted by Gasteiger charge is -2.35. The number of hydrogen-bond donors (Lipinski definition) is 4. The van der Waals surface area contributed by atoms with Gasteiger partial charge in [0, 0.05) is 6.54 Å². The van der Waals surface area contributed by atoms with E-state index >= 15 is 0 Å². The minimum absolute atomic E-state index is 0.132. The first-order chi connectivity index (χ1) is 10.0. The molecule has 2 amide bonds. The fraction of sp³-hybridized carbons (Fsp3) is 0.750. The first-order valence-electron chi connectivity index (χ1n) is 6.99. The Kier molecular flexibility index (Phi) is 4.71. The van der Waals surface area contributed by atoms with E-state index in [4.69, 9.17) is 0 Å². The molecule has 4 N–H and O–H groups in total. The number of carbonyl (C=O) groups excluding carboxylic acids is 1. The van der Waals surface area contributed by atoms with Crippen LogP contribution < -0.4 is 10.6 Å². The summed E-state index contributed by atoms with van der Waals surface area (Å²) in [7, 11) is 0. The summed E-state index contributed by atoms with van der Waals surface area (Å²) in [5.74, 6) is 0.0713. The summed E-state index contributed by atoms with van der Waals surface area (Å²) < 4.78 is 0. The van der Waals surface area contributed by atoms with Gasteiger partial charge < -0.3 is 15.7 Å². The minimum atomic E-state index is -0.851. The van der Waals surface area contributed by atoms with Crippen molar-refractivity contribution in [2.24, 2.45) is 11.3 Å². The number of hydrogen-bond acceptors (Lipinski definition) is 5. The van der Waals surface area contributed by atoms with Crippen molar-refractivity contribution < 1.29 is 14.7 Å². The summed E-state index contributed by atoms with van der Waals surface area (Å²) in [6.45, 7) is 2.39. The zero-order chi connectivity index (χ0) is 15.3. The molecule has 1 aromatic rings. The van der Waals surface area contributed by atoms with Crippen molar-refractivity contribution in [1.82, 2.24) is 31.3 Å². The summed E-state index contributed by atoms with van der Waals surface area (Å²) in [6, 6.07) is -0.431. The molecule has 2 rings (SSSR count). The number of carboxylic acid groups (broad SMARTS) is 1. The van der Waals surface area contributed by atoms with E-state index in [-0.39, 0.29) is 13.1 Å². The van der Waals surface area contributed by atoms with Crippen LogP contribution in [0.3, 0.4) is 0 Å². The van der Waals surface area contributed by atoms with Gasteiger partial charge in [0.25, 0.3) is 0 Å². The Labute approximate surface area is 121 Å². The van der Waals surface area contributed by atoms with Gasteiger partial charge in [0.05, 0.1) is 12.0 Å². The van der Waals surface area contributed by atoms with E-state index in [0.29, 0.717) is 24.6 Å². The number of rotatable bonds is 5. The Morgan fingerprint density at radius 2 is 2.10 bits per heavy atom. The van der Waals surface area contributed by atoms with Gasteiger partial charge in [0.1, 0.15) is 0 Å². The van der Waals surface area contributed by atoms with Crippen molar-refractivity contribution in [2.75, 3.05) is 6.54 Å². The minimum Gasteiger partial charge on any atom is -0.481 e. The second-order valence-corrected chi connectivity index (χ2v) is 5.63. The lowest BCUT2D eigenvalue weighted by atomic mass is 9.71. The van der Waals surface area contributed by atoms with Crippen LogP contribution in [0.2, 0.25) is 0 Å². The number of carboxylic acids is 1. The number of aromatic amines is 1. The summed E-state index contributed by atoms with van der Waals surface area (Å²) >= 11 is 0. The van der Waals surface area contributed by atoms with E-state index < -0.39 is 17.4 Å². The van der Waals surface area contributed by atoms with Crippen molar-refractivity contribution in [3.63, 3.8) is 0 Å². The van der Waals surface area contributed by atoms with Gasteiger partial charge in [0.2, 0.25) is 0 Å². The smallest absolute Gasteiger partial charge is 0.315 e. The molecule has 0 aromatic carbocycles. The third kappa shape index (κ3) is 3.89. The van der Waals surface area contributed by atoms with E-state index in [2.05, 4.69) is 38.2 Å². The molecule has 9 heteroatoms. The SMILES string of the molecule is CC1CCC(CNC(=O)NCc2nn[nH]n2)(C(=O)O)CC1. The molecule has 1 saturated carbocycles. The fourth-order valence-corrected chi connectivity index (χ4v) is 2.51. The molecule has 1 heterocycles. The molecule has 9 nitrogen and oxygen atoms in total. The zero-order valence-electron chi connectivity index (χ0n) is 11.9. The van der Waals surface area contributed by atoms with Crippen molar-refractivity contribution in [2.45, 2.75) is 39.2 Å². The molecular formula is C12H20N6O3. The normalized spacial score (nSPS) is 25.3. The monoisotopic (exact) mass is 296 g/mol. The number of aliphatic carboxylic acids is 1. The number of urea groups is 1. The molecule has 1 aliphatic carbocycles. The second kappa shape index (κ2) is 6.51. The highest BCUT2D eigenvalue weighted by atomic mass is 16.4. The molecule has 116 valence electrons. The quantitative estimate of drug-likeness (QED) is 0.617. The van der Waals surface area contributed by atoms with Crippen LogP contribution in [0, 0.1) is 11.3 Å². The van der Waals surface area contributed by atoms with Gasteiger partial charge in [-0.1, -0.05) is 12.1 Å². The van der Waals surface area contributed by atoms with Crippen LogP contribution >= 0.6 is 0 Å². The Balaban J connectivity index is 1.81. The third-order valence-electron chi connectivity index (χ3n) is 4.07. The number of aromatic nitrogens is 4. The zero-order valence-corrected chi connectivity index (χ0v) is 11.9. The fourth-order valence-electron chi connectivity index (χ4n) is 2.51. The van der Waals surface area contributed by atoms with Crippen molar-refractivity contribution in [3.05, 3.63) is 5.82 Å². The number of H-pyrrole nitrogens is 1. The third-order valence-corrected chi connectivity index (χ3v) is 4.07. The predicted octanol–water partition coefficient (Wildman–Crippen LogP) is 0.280. The Morgan fingerprint density at radius 3 is 2.67 bits per heavy atom. The molecule has 0 spiro atoms. The molecule has 0 unspecified atom stereocenters. The van der Waals surface area contributed by atoms with Crippen LogP contribution in [0.4, 0.5) is 4.79 Å². The average molecular weight is 296 g/mol. The van der Waals surface area contributed by atoms with Gasteiger partial charge in [-0.2, -0.15) is 5.21 Å². The molecule has 0 aliphatic heterocycles. The topological polar surface area (TPSA) is 133 Å². The first-order valence-corrected chi connectivity index (χ1v) is 6.99. The summed E-state index contributed by atoms with van der Waals surface area (Å²) in [4.78, 5) is 23.2. The highest BCUT2D eigenvalue weighted by molar-refractivity contribution is 5.78. The van der Waals surface area contributed by atoms with Gasteiger partial charge >= 0.3 is 12.0 Å². The molecule has 21 heavy (non-hydrogen) atoms. The molecule has 1 aromatic heterocycles. The summed E-state index contributed by atoms with van der Waals surface area (Å²) in [5, 5.41) is 27.7. The van der Waals surface area contributed by atoms with Gasteiger partial charge in [-0.3, -0.25) is 4.79 Å². The lowest BCUT2D eigenvalue weighted by molar-refractivity contribution is -0.151. The van der Waals surface area contributed by atoms with E-state index in [1.807, 2.05) is 0 Å². The number of nitrogens with one attached hydrogen (secondary N) is 3. The second-order valence-electron chi connectivity index (χ2n) is 5.63. The maximum Gasteiger partial charge on any atom is 0.315 e. The summed E-state index contributed by atoms with van der Waals surface area (Å²) in [6.07, 6.45) is 2.93. The first kappa shape index (κ1) is 15.2. The largest absolute Gasteiger partial charge is 0.481 e. The van der Waals surface area contributed by atoms with Crippen molar-refractivity contribution >= 4 is 12.0 Å². The van der Waals surface area contributed by atoms with Crippen LogP contribution in [0.5, 0.6) is 0 Å². The Hall–Kier alpha value is -2.19. The van der Waals surface area contributed by atoms with Crippen LogP contribution in [-0.2, 0) is 11.3 Å². The highest BCUT2D eigenvalue weighted by Gasteiger charge is 2.41. The van der Waals surface area contributed by atoms with Gasteiger partial charge in [-0.05, 0) is 31.6 Å². The molecule has 0 radical (unpaired) electrons.